The number of likely N-dealkylation sites (tertiary alicyclic amines) is 1. The number of piperidine rings is 1. The molecule has 1 atom stereocenters. The highest BCUT2D eigenvalue weighted by Gasteiger charge is 2.26. The summed E-state index contributed by atoms with van der Waals surface area (Å²) in [6, 6.07) is 10.8. The number of hydrogen-bond donors (Lipinski definition) is 0. The van der Waals surface area contributed by atoms with Gasteiger partial charge >= 0.3 is 0 Å². The lowest BCUT2D eigenvalue weighted by atomic mass is 9.95. The maximum Gasteiger partial charge on any atom is 0.232 e. The zero-order valence-corrected chi connectivity index (χ0v) is 14.8. The molecule has 0 radical (unpaired) electrons. The Hall–Kier alpha value is -1.82. The number of nitrogens with zero attached hydrogens (tertiary/aromatic N) is 3. The van der Waals surface area contributed by atoms with Crippen molar-refractivity contribution in [1.82, 2.24) is 15.0 Å². The first kappa shape index (κ1) is 17.0. The summed E-state index contributed by atoms with van der Waals surface area (Å²) in [5, 5.41) is 3.86. The molecular formula is C18H23N3O2S. The minimum absolute atomic E-state index is 0.223. The van der Waals surface area contributed by atoms with Gasteiger partial charge in [0.05, 0.1) is 11.5 Å². The Kier molecular flexibility index (Phi) is 5.91. The van der Waals surface area contributed by atoms with Crippen LogP contribution in [0.25, 0.3) is 0 Å². The molecule has 0 N–H and O–H groups in total. The largest absolute Gasteiger partial charge is 0.340 e. The van der Waals surface area contributed by atoms with Crippen molar-refractivity contribution >= 4 is 17.7 Å². The van der Waals surface area contributed by atoms with Gasteiger partial charge in [-0.15, -0.1) is 11.8 Å². The fraction of sp³-hybridized carbons (Fsp3) is 0.500. The number of carbonyl (C=O) groups is 1. The summed E-state index contributed by atoms with van der Waals surface area (Å²) >= 11 is 1.55. The molecule has 0 aliphatic carbocycles. The Morgan fingerprint density at radius 3 is 2.92 bits per heavy atom. The standard InChI is InChI=1S/C18H23N3O2S/c1-14-19-17(20-23-14)12-24-13-18(22)21-10-6-5-9-16(21)11-15-7-3-2-4-8-15/h2-4,7-8,16H,5-6,9-13H2,1H3. The van der Waals surface area contributed by atoms with Gasteiger partial charge in [0.1, 0.15) is 0 Å². The van der Waals surface area contributed by atoms with Crippen LogP contribution < -0.4 is 0 Å². The molecule has 0 spiro atoms. The molecule has 1 fully saturated rings. The van der Waals surface area contributed by atoms with E-state index >= 15 is 0 Å². The third kappa shape index (κ3) is 4.60. The summed E-state index contributed by atoms with van der Waals surface area (Å²) in [7, 11) is 0. The van der Waals surface area contributed by atoms with Crippen molar-refractivity contribution in [3.63, 3.8) is 0 Å². The molecule has 6 heteroatoms. The lowest BCUT2D eigenvalue weighted by Gasteiger charge is -2.36. The predicted octanol–water partition coefficient (Wildman–Crippen LogP) is 3.24. The summed E-state index contributed by atoms with van der Waals surface area (Å²) in [5.74, 6) is 2.53. The number of hydrogen-bond acceptors (Lipinski definition) is 5. The molecule has 128 valence electrons. The van der Waals surface area contributed by atoms with Crippen LogP contribution in [0.1, 0.15) is 36.5 Å². The molecule has 1 unspecified atom stereocenters. The van der Waals surface area contributed by atoms with E-state index in [2.05, 4.69) is 39.3 Å². The van der Waals surface area contributed by atoms with Gasteiger partial charge in [0.2, 0.25) is 11.8 Å². The van der Waals surface area contributed by atoms with Gasteiger partial charge in [-0.05, 0) is 31.2 Å². The van der Waals surface area contributed by atoms with E-state index in [1.807, 2.05) is 6.07 Å². The number of aromatic nitrogens is 2. The molecule has 5 nitrogen and oxygen atoms in total. The smallest absolute Gasteiger partial charge is 0.232 e. The minimum atomic E-state index is 0.223. The zero-order chi connectivity index (χ0) is 16.8. The lowest BCUT2D eigenvalue weighted by molar-refractivity contribution is -0.131. The first-order valence-electron chi connectivity index (χ1n) is 8.42. The van der Waals surface area contributed by atoms with Gasteiger partial charge in [-0.1, -0.05) is 35.5 Å². The molecule has 0 saturated carbocycles. The van der Waals surface area contributed by atoms with E-state index in [1.54, 1.807) is 18.7 Å². The van der Waals surface area contributed by atoms with E-state index < -0.39 is 0 Å². The highest BCUT2D eigenvalue weighted by Crippen LogP contribution is 2.22. The van der Waals surface area contributed by atoms with Crippen LogP contribution in [0.3, 0.4) is 0 Å². The van der Waals surface area contributed by atoms with Gasteiger partial charge in [-0.3, -0.25) is 4.79 Å². The number of amides is 1. The third-order valence-electron chi connectivity index (χ3n) is 4.29. The first-order valence-corrected chi connectivity index (χ1v) is 9.58. The maximum atomic E-state index is 12.6. The molecule has 1 amide bonds. The number of thioether (sulfide) groups is 1. The highest BCUT2D eigenvalue weighted by atomic mass is 32.2. The van der Waals surface area contributed by atoms with Crippen molar-refractivity contribution in [2.75, 3.05) is 12.3 Å². The van der Waals surface area contributed by atoms with Crippen LogP contribution in [-0.4, -0.2) is 39.3 Å². The molecule has 1 aliphatic heterocycles. The Morgan fingerprint density at radius 1 is 1.33 bits per heavy atom. The first-order chi connectivity index (χ1) is 11.7. The summed E-state index contributed by atoms with van der Waals surface area (Å²) < 4.78 is 4.95. The van der Waals surface area contributed by atoms with E-state index in [0.717, 1.165) is 25.8 Å². The molecule has 3 rings (SSSR count). The van der Waals surface area contributed by atoms with Crippen molar-refractivity contribution in [2.45, 2.75) is 44.4 Å². The van der Waals surface area contributed by atoms with Gasteiger partial charge in [0, 0.05) is 19.5 Å². The van der Waals surface area contributed by atoms with Crippen molar-refractivity contribution in [3.8, 4) is 0 Å². The van der Waals surface area contributed by atoms with E-state index in [0.29, 0.717) is 29.3 Å². The molecule has 0 bridgehead atoms. The van der Waals surface area contributed by atoms with Crippen LogP contribution in [-0.2, 0) is 17.0 Å². The molecule has 1 saturated heterocycles. The molecular weight excluding hydrogens is 322 g/mol. The van der Waals surface area contributed by atoms with Crippen LogP contribution in [0.15, 0.2) is 34.9 Å². The lowest BCUT2D eigenvalue weighted by Crippen LogP contribution is -2.45. The number of aryl methyl sites for hydroxylation is 1. The van der Waals surface area contributed by atoms with Crippen LogP contribution in [0.2, 0.25) is 0 Å². The van der Waals surface area contributed by atoms with Crippen LogP contribution in [0, 0.1) is 6.92 Å². The molecule has 1 aromatic carbocycles. The predicted molar refractivity (Wildman–Crippen MR) is 94.7 cm³/mol. The summed E-state index contributed by atoms with van der Waals surface area (Å²) in [6.45, 7) is 2.65. The Morgan fingerprint density at radius 2 is 2.17 bits per heavy atom. The van der Waals surface area contributed by atoms with E-state index in [1.165, 1.54) is 12.0 Å². The van der Waals surface area contributed by atoms with E-state index in [9.17, 15) is 4.79 Å². The molecule has 2 aromatic rings. The zero-order valence-electron chi connectivity index (χ0n) is 14.0. The maximum absolute atomic E-state index is 12.6. The normalized spacial score (nSPS) is 17.9. The van der Waals surface area contributed by atoms with Gasteiger partial charge in [-0.25, -0.2) is 0 Å². The number of benzene rings is 1. The second kappa shape index (κ2) is 8.33. The Labute approximate surface area is 146 Å². The van der Waals surface area contributed by atoms with Crippen LogP contribution in [0.4, 0.5) is 0 Å². The molecule has 1 aliphatic rings. The van der Waals surface area contributed by atoms with Gasteiger partial charge in [0.15, 0.2) is 5.82 Å². The average Bonchev–Trinajstić information content (AvgIpc) is 3.01. The molecule has 2 heterocycles. The van der Waals surface area contributed by atoms with Gasteiger partial charge in [0.25, 0.3) is 0 Å². The SMILES string of the molecule is Cc1nc(CSCC(=O)N2CCCCC2Cc2ccccc2)no1. The average molecular weight is 345 g/mol. The highest BCUT2D eigenvalue weighted by molar-refractivity contribution is 7.99. The second-order valence-electron chi connectivity index (χ2n) is 6.15. The minimum Gasteiger partial charge on any atom is -0.340 e. The monoisotopic (exact) mass is 345 g/mol. The van der Waals surface area contributed by atoms with Gasteiger partial charge in [-0.2, -0.15) is 4.98 Å². The molecule has 1 aromatic heterocycles. The van der Waals surface area contributed by atoms with Crippen molar-refractivity contribution < 1.29 is 9.32 Å². The van der Waals surface area contributed by atoms with E-state index in [4.69, 9.17) is 4.52 Å². The van der Waals surface area contributed by atoms with Crippen LogP contribution in [0.5, 0.6) is 0 Å². The fourth-order valence-corrected chi connectivity index (χ4v) is 3.88. The summed E-state index contributed by atoms with van der Waals surface area (Å²) in [5.41, 5.74) is 1.30. The van der Waals surface area contributed by atoms with E-state index in [-0.39, 0.29) is 5.91 Å². The van der Waals surface area contributed by atoms with Crippen molar-refractivity contribution in [3.05, 3.63) is 47.6 Å². The quantitative estimate of drug-likeness (QED) is 0.804. The topological polar surface area (TPSA) is 59.2 Å². The van der Waals surface area contributed by atoms with Crippen LogP contribution >= 0.6 is 11.8 Å². The van der Waals surface area contributed by atoms with Crippen molar-refractivity contribution in [1.29, 1.82) is 0 Å². The summed E-state index contributed by atoms with van der Waals surface area (Å²) in [6.07, 6.45) is 4.35. The Bertz CT molecular complexity index is 659. The van der Waals surface area contributed by atoms with Gasteiger partial charge < -0.3 is 9.42 Å². The summed E-state index contributed by atoms with van der Waals surface area (Å²) in [4.78, 5) is 18.9. The second-order valence-corrected chi connectivity index (χ2v) is 7.13. The van der Waals surface area contributed by atoms with Crippen molar-refractivity contribution in [2.24, 2.45) is 0 Å². The Balaban J connectivity index is 1.53. The number of rotatable bonds is 6. The fourth-order valence-electron chi connectivity index (χ4n) is 3.14. The molecule has 24 heavy (non-hydrogen) atoms. The number of carbonyl (C=O) groups excluding carboxylic acids is 1. The third-order valence-corrected chi connectivity index (χ3v) is 5.20.